The van der Waals surface area contributed by atoms with Gasteiger partial charge in [-0.15, -0.1) is 0 Å². The second-order valence-corrected chi connectivity index (χ2v) is 6.55. The van der Waals surface area contributed by atoms with Crippen LogP contribution in [0.15, 0.2) is 42.5 Å². The van der Waals surface area contributed by atoms with Crippen LogP contribution in [0.3, 0.4) is 0 Å². The molecule has 0 unspecified atom stereocenters. The lowest BCUT2D eigenvalue weighted by atomic mass is 10.1. The Balaban J connectivity index is 1.68. The van der Waals surface area contributed by atoms with E-state index in [9.17, 15) is 9.59 Å². The SMILES string of the molecule is C[C@@H]1Cc2ccccc2N1C(=O)COC(=O)c1cc(Cl)cc(Cl)c1. The maximum atomic E-state index is 12.5. The van der Waals surface area contributed by atoms with Gasteiger partial charge in [-0.25, -0.2) is 4.79 Å². The molecule has 1 aliphatic rings. The molecule has 124 valence electrons. The Hall–Kier alpha value is -2.04. The second-order valence-electron chi connectivity index (χ2n) is 5.68. The number of rotatable bonds is 3. The zero-order valence-electron chi connectivity index (χ0n) is 13.0. The van der Waals surface area contributed by atoms with Gasteiger partial charge < -0.3 is 9.64 Å². The molecule has 2 aromatic rings. The Kier molecular flexibility index (Phi) is 4.78. The number of nitrogens with zero attached hydrogens (tertiary/aromatic N) is 1. The molecule has 0 aromatic heterocycles. The van der Waals surface area contributed by atoms with Gasteiger partial charge in [-0.3, -0.25) is 4.79 Å². The summed E-state index contributed by atoms with van der Waals surface area (Å²) in [5, 5.41) is 0.672. The molecule has 4 nitrogen and oxygen atoms in total. The zero-order chi connectivity index (χ0) is 17.3. The minimum absolute atomic E-state index is 0.0363. The van der Waals surface area contributed by atoms with E-state index in [1.54, 1.807) is 4.90 Å². The van der Waals surface area contributed by atoms with Gasteiger partial charge in [0.05, 0.1) is 5.56 Å². The third-order valence-electron chi connectivity index (χ3n) is 3.90. The van der Waals surface area contributed by atoms with Crippen LogP contribution in [0.4, 0.5) is 5.69 Å². The fourth-order valence-electron chi connectivity index (χ4n) is 2.90. The first kappa shape index (κ1) is 16.8. The Morgan fingerprint density at radius 2 is 1.83 bits per heavy atom. The molecular formula is C18H15Cl2NO3. The molecule has 0 spiro atoms. The lowest BCUT2D eigenvalue weighted by Crippen LogP contribution is -2.38. The number of hydrogen-bond acceptors (Lipinski definition) is 3. The number of fused-ring (bicyclic) bond motifs is 1. The summed E-state index contributed by atoms with van der Waals surface area (Å²) in [7, 11) is 0. The summed E-state index contributed by atoms with van der Waals surface area (Å²) in [4.78, 5) is 26.2. The van der Waals surface area contributed by atoms with Crippen LogP contribution < -0.4 is 4.90 Å². The van der Waals surface area contributed by atoms with Gasteiger partial charge in [0.1, 0.15) is 0 Å². The Bertz CT molecular complexity index is 786. The predicted octanol–water partition coefficient (Wildman–Crippen LogP) is 4.13. The number of para-hydroxylation sites is 1. The fourth-order valence-corrected chi connectivity index (χ4v) is 3.42. The Morgan fingerprint density at radius 1 is 1.17 bits per heavy atom. The quantitative estimate of drug-likeness (QED) is 0.770. The number of carbonyl (C=O) groups is 2. The van der Waals surface area contributed by atoms with Crippen molar-refractivity contribution in [2.24, 2.45) is 0 Å². The highest BCUT2D eigenvalue weighted by atomic mass is 35.5. The number of ether oxygens (including phenoxy) is 1. The van der Waals surface area contributed by atoms with Crippen molar-refractivity contribution >= 4 is 40.8 Å². The highest BCUT2D eigenvalue weighted by Gasteiger charge is 2.31. The van der Waals surface area contributed by atoms with Gasteiger partial charge in [-0.05, 0) is 43.2 Å². The van der Waals surface area contributed by atoms with E-state index in [4.69, 9.17) is 27.9 Å². The molecular weight excluding hydrogens is 349 g/mol. The third-order valence-corrected chi connectivity index (χ3v) is 4.34. The van der Waals surface area contributed by atoms with Crippen molar-refractivity contribution in [2.75, 3.05) is 11.5 Å². The topological polar surface area (TPSA) is 46.6 Å². The van der Waals surface area contributed by atoms with Gasteiger partial charge in [0, 0.05) is 21.8 Å². The standard InChI is InChI=1S/C18H15Cl2NO3/c1-11-6-12-4-2-3-5-16(12)21(11)17(22)10-24-18(23)13-7-14(19)9-15(20)8-13/h2-5,7-9,11H,6,10H2,1H3/t11-/m1/s1. The van der Waals surface area contributed by atoms with E-state index < -0.39 is 5.97 Å². The number of hydrogen-bond donors (Lipinski definition) is 0. The minimum atomic E-state index is -0.632. The maximum absolute atomic E-state index is 12.5. The molecule has 0 radical (unpaired) electrons. The lowest BCUT2D eigenvalue weighted by molar-refractivity contribution is -0.122. The molecule has 1 heterocycles. The molecule has 6 heteroatoms. The molecule has 1 atom stereocenters. The van der Waals surface area contributed by atoms with E-state index in [2.05, 4.69) is 0 Å². The number of benzene rings is 2. The summed E-state index contributed by atoms with van der Waals surface area (Å²) in [5.74, 6) is -0.887. The number of esters is 1. The highest BCUT2D eigenvalue weighted by Crippen LogP contribution is 2.31. The Labute approximate surface area is 149 Å². The van der Waals surface area contributed by atoms with Crippen molar-refractivity contribution in [3.05, 3.63) is 63.6 Å². The molecule has 2 aromatic carbocycles. The van der Waals surface area contributed by atoms with E-state index in [0.29, 0.717) is 10.0 Å². The highest BCUT2D eigenvalue weighted by molar-refractivity contribution is 6.35. The number of carbonyl (C=O) groups excluding carboxylic acids is 2. The molecule has 0 aliphatic carbocycles. The van der Waals surface area contributed by atoms with E-state index >= 15 is 0 Å². The maximum Gasteiger partial charge on any atom is 0.338 e. The normalized spacial score (nSPS) is 16.0. The van der Waals surface area contributed by atoms with Crippen molar-refractivity contribution in [3.8, 4) is 0 Å². The largest absolute Gasteiger partial charge is 0.452 e. The van der Waals surface area contributed by atoms with Gasteiger partial charge in [-0.2, -0.15) is 0 Å². The summed E-state index contributed by atoms with van der Waals surface area (Å²) in [6.45, 7) is 1.64. The van der Waals surface area contributed by atoms with Crippen LogP contribution in [0.5, 0.6) is 0 Å². The molecule has 24 heavy (non-hydrogen) atoms. The second kappa shape index (κ2) is 6.83. The molecule has 0 fully saturated rings. The third kappa shape index (κ3) is 3.40. The van der Waals surface area contributed by atoms with Crippen LogP contribution in [-0.4, -0.2) is 24.5 Å². The van der Waals surface area contributed by atoms with E-state index in [1.807, 2.05) is 31.2 Å². The Morgan fingerprint density at radius 3 is 2.54 bits per heavy atom. The fraction of sp³-hybridized carbons (Fsp3) is 0.222. The average molecular weight is 364 g/mol. The van der Waals surface area contributed by atoms with Crippen molar-refractivity contribution in [3.63, 3.8) is 0 Å². The molecule has 1 amide bonds. The van der Waals surface area contributed by atoms with Crippen LogP contribution in [-0.2, 0) is 16.0 Å². The van der Waals surface area contributed by atoms with Crippen LogP contribution in [0, 0.1) is 0 Å². The molecule has 0 N–H and O–H groups in total. The first-order valence-electron chi connectivity index (χ1n) is 7.49. The van der Waals surface area contributed by atoms with Gasteiger partial charge >= 0.3 is 5.97 Å². The monoisotopic (exact) mass is 363 g/mol. The van der Waals surface area contributed by atoms with E-state index in [1.165, 1.54) is 18.2 Å². The van der Waals surface area contributed by atoms with Gasteiger partial charge in [-0.1, -0.05) is 41.4 Å². The predicted molar refractivity (Wildman–Crippen MR) is 93.8 cm³/mol. The first-order valence-corrected chi connectivity index (χ1v) is 8.24. The first-order chi connectivity index (χ1) is 11.5. The van der Waals surface area contributed by atoms with Crippen LogP contribution >= 0.6 is 23.2 Å². The lowest BCUT2D eigenvalue weighted by Gasteiger charge is -2.22. The zero-order valence-corrected chi connectivity index (χ0v) is 14.5. The summed E-state index contributed by atoms with van der Waals surface area (Å²) in [6.07, 6.45) is 0.791. The van der Waals surface area contributed by atoms with Crippen LogP contribution in [0.25, 0.3) is 0 Å². The summed E-state index contributed by atoms with van der Waals surface area (Å²) < 4.78 is 5.13. The van der Waals surface area contributed by atoms with Crippen molar-refractivity contribution in [1.82, 2.24) is 0 Å². The van der Waals surface area contributed by atoms with Crippen LogP contribution in [0.1, 0.15) is 22.8 Å². The van der Waals surface area contributed by atoms with Crippen molar-refractivity contribution < 1.29 is 14.3 Å². The molecule has 0 bridgehead atoms. The molecule has 1 aliphatic heterocycles. The smallest absolute Gasteiger partial charge is 0.338 e. The molecule has 0 saturated carbocycles. The number of halogens is 2. The van der Waals surface area contributed by atoms with Crippen molar-refractivity contribution in [2.45, 2.75) is 19.4 Å². The van der Waals surface area contributed by atoms with Crippen LogP contribution in [0.2, 0.25) is 10.0 Å². The van der Waals surface area contributed by atoms with E-state index in [-0.39, 0.29) is 24.1 Å². The van der Waals surface area contributed by atoms with Crippen molar-refractivity contribution in [1.29, 1.82) is 0 Å². The van der Waals surface area contributed by atoms with E-state index in [0.717, 1.165) is 17.7 Å². The minimum Gasteiger partial charge on any atom is -0.452 e. The molecule has 0 saturated heterocycles. The van der Waals surface area contributed by atoms with Gasteiger partial charge in [0.15, 0.2) is 6.61 Å². The summed E-state index contributed by atoms with van der Waals surface area (Å²) in [6, 6.07) is 12.2. The average Bonchev–Trinajstić information content (AvgIpc) is 2.87. The summed E-state index contributed by atoms with van der Waals surface area (Å²) in [5.41, 5.74) is 2.21. The number of anilines is 1. The molecule has 3 rings (SSSR count). The van der Waals surface area contributed by atoms with Gasteiger partial charge in [0.25, 0.3) is 5.91 Å². The van der Waals surface area contributed by atoms with Gasteiger partial charge in [0.2, 0.25) is 0 Å². The summed E-state index contributed by atoms with van der Waals surface area (Å²) >= 11 is 11.7. The number of amides is 1.